The Morgan fingerprint density at radius 3 is 2.19 bits per heavy atom. The number of hydrogen-bond acceptors (Lipinski definition) is 7. The molecule has 0 radical (unpaired) electrons. The van der Waals surface area contributed by atoms with Crippen LogP contribution in [0.15, 0.2) is 65.7 Å². The second kappa shape index (κ2) is 11.6. The Kier molecular flexibility index (Phi) is 8.78. The highest BCUT2D eigenvalue weighted by atomic mass is 32.2. The average molecular weight is 511 g/mol. The minimum Gasteiger partial charge on any atom is -0.326 e. The van der Waals surface area contributed by atoms with Gasteiger partial charge in [0.1, 0.15) is 0 Å². The van der Waals surface area contributed by atoms with Gasteiger partial charge in [0.2, 0.25) is 21.9 Å². The summed E-state index contributed by atoms with van der Waals surface area (Å²) in [5, 5.41) is 6.03. The summed E-state index contributed by atoms with van der Waals surface area (Å²) in [5.41, 5.74) is 2.90. The molecule has 1 aromatic heterocycles. The van der Waals surface area contributed by atoms with Crippen molar-refractivity contribution in [2.45, 2.75) is 32.1 Å². The molecule has 0 saturated heterocycles. The van der Waals surface area contributed by atoms with E-state index in [1.54, 1.807) is 24.4 Å². The molecule has 3 aromatic rings. The van der Waals surface area contributed by atoms with Gasteiger partial charge in [-0.25, -0.2) is 23.1 Å². The number of carbonyl (C=O) groups is 1. The molecule has 0 saturated carbocycles. The maximum absolute atomic E-state index is 12.4. The number of nitrogens with zero attached hydrogens (tertiary/aromatic N) is 3. The molecule has 1 heterocycles. The van der Waals surface area contributed by atoms with E-state index in [1.807, 2.05) is 64.0 Å². The summed E-state index contributed by atoms with van der Waals surface area (Å²) in [6.07, 6.45) is 2.09. The van der Waals surface area contributed by atoms with Gasteiger partial charge in [0.15, 0.2) is 0 Å². The van der Waals surface area contributed by atoms with E-state index in [2.05, 4.69) is 25.3 Å². The molecule has 0 aliphatic rings. The van der Waals surface area contributed by atoms with Crippen LogP contribution in [0.25, 0.3) is 11.3 Å². The predicted molar refractivity (Wildman–Crippen MR) is 144 cm³/mol. The van der Waals surface area contributed by atoms with E-state index in [1.165, 1.54) is 12.1 Å². The van der Waals surface area contributed by atoms with E-state index in [0.29, 0.717) is 36.8 Å². The second-order valence-corrected chi connectivity index (χ2v) is 11.7. The van der Waals surface area contributed by atoms with Crippen LogP contribution in [0.5, 0.6) is 0 Å². The molecule has 0 aliphatic carbocycles. The maximum atomic E-state index is 12.4. The summed E-state index contributed by atoms with van der Waals surface area (Å²) < 4.78 is 27.4. The molecule has 0 unspecified atom stereocenters. The molecule has 36 heavy (non-hydrogen) atoms. The third-order valence-corrected chi connectivity index (χ3v) is 6.56. The minimum atomic E-state index is -3.57. The van der Waals surface area contributed by atoms with Crippen LogP contribution in [0.1, 0.15) is 27.2 Å². The van der Waals surface area contributed by atoms with Crippen molar-refractivity contribution in [3.05, 3.63) is 60.8 Å². The van der Waals surface area contributed by atoms with Crippen LogP contribution in [-0.4, -0.2) is 56.4 Å². The van der Waals surface area contributed by atoms with Crippen molar-refractivity contribution in [1.29, 1.82) is 0 Å². The van der Waals surface area contributed by atoms with Crippen LogP contribution in [-0.2, 0) is 14.8 Å². The Morgan fingerprint density at radius 1 is 0.944 bits per heavy atom. The Bertz CT molecular complexity index is 1270. The molecule has 0 fully saturated rings. The summed E-state index contributed by atoms with van der Waals surface area (Å²) in [5.74, 6) is 0.363. The first-order valence-corrected chi connectivity index (χ1v) is 13.1. The maximum Gasteiger partial charge on any atom is 0.240 e. The van der Waals surface area contributed by atoms with Crippen molar-refractivity contribution in [3.8, 4) is 11.3 Å². The first-order chi connectivity index (χ1) is 16.9. The van der Waals surface area contributed by atoms with Gasteiger partial charge in [-0.2, -0.15) is 0 Å². The zero-order valence-electron chi connectivity index (χ0n) is 21.4. The summed E-state index contributed by atoms with van der Waals surface area (Å²) in [6, 6.07) is 15.7. The highest BCUT2D eigenvalue weighted by molar-refractivity contribution is 7.89. The molecule has 0 aliphatic heterocycles. The van der Waals surface area contributed by atoms with Gasteiger partial charge in [-0.3, -0.25) is 4.79 Å². The lowest BCUT2D eigenvalue weighted by molar-refractivity contribution is -0.117. The van der Waals surface area contributed by atoms with Gasteiger partial charge >= 0.3 is 0 Å². The van der Waals surface area contributed by atoms with Gasteiger partial charge in [0, 0.05) is 42.6 Å². The number of anilines is 3. The lowest BCUT2D eigenvalue weighted by atomic mass is 9.92. The van der Waals surface area contributed by atoms with Crippen molar-refractivity contribution in [1.82, 2.24) is 19.6 Å². The molecular formula is C26H34N6O3S. The monoisotopic (exact) mass is 510 g/mol. The first kappa shape index (κ1) is 27.3. The fourth-order valence-electron chi connectivity index (χ4n) is 3.32. The molecular weight excluding hydrogens is 476 g/mol. The molecule has 0 spiro atoms. The minimum absolute atomic E-state index is 0.0214. The number of nitrogens with one attached hydrogen (secondary N) is 3. The van der Waals surface area contributed by atoms with Crippen molar-refractivity contribution in [3.63, 3.8) is 0 Å². The quantitative estimate of drug-likeness (QED) is 0.376. The lowest BCUT2D eigenvalue weighted by Crippen LogP contribution is -2.31. The van der Waals surface area contributed by atoms with Crippen LogP contribution < -0.4 is 15.4 Å². The van der Waals surface area contributed by atoms with Gasteiger partial charge in [0.25, 0.3) is 0 Å². The third-order valence-electron chi connectivity index (χ3n) is 5.08. The third kappa shape index (κ3) is 8.40. The van der Waals surface area contributed by atoms with Gasteiger partial charge in [-0.05, 0) is 62.0 Å². The highest BCUT2D eigenvalue weighted by Crippen LogP contribution is 2.23. The number of benzene rings is 2. The Hall–Kier alpha value is -3.34. The molecule has 192 valence electrons. The van der Waals surface area contributed by atoms with E-state index >= 15 is 0 Å². The van der Waals surface area contributed by atoms with Crippen LogP contribution in [0, 0.1) is 5.41 Å². The number of rotatable bonds is 10. The fourth-order valence-corrected chi connectivity index (χ4v) is 4.35. The number of carbonyl (C=O) groups excluding carboxylic acids is 1. The molecule has 10 heteroatoms. The molecule has 2 aromatic carbocycles. The fraction of sp³-hybridized carbons (Fsp3) is 0.346. The molecule has 1 amide bonds. The lowest BCUT2D eigenvalue weighted by Gasteiger charge is -2.17. The van der Waals surface area contributed by atoms with Gasteiger partial charge < -0.3 is 15.5 Å². The van der Waals surface area contributed by atoms with Crippen molar-refractivity contribution in [2.75, 3.05) is 37.8 Å². The highest BCUT2D eigenvalue weighted by Gasteiger charge is 2.16. The Balaban J connectivity index is 1.64. The number of sulfonamides is 1. The average Bonchev–Trinajstić information content (AvgIpc) is 2.78. The predicted octanol–water partition coefficient (Wildman–Crippen LogP) is 4.10. The number of aromatic nitrogens is 2. The van der Waals surface area contributed by atoms with Crippen LogP contribution >= 0.6 is 0 Å². The van der Waals surface area contributed by atoms with Crippen LogP contribution in [0.2, 0.25) is 0 Å². The standard InChI is InChI=1S/C26H34N6O3S/c1-26(2,3)18-24(33)29-20-8-6-19(7-9-20)23-14-15-27-25(31-23)30-21-10-12-22(13-11-21)36(34,35)28-16-17-32(4)5/h6-15,28H,16-18H2,1-5H3,(H,29,33)(H,27,30,31). The molecule has 3 rings (SSSR count). The largest absolute Gasteiger partial charge is 0.326 e. The summed E-state index contributed by atoms with van der Waals surface area (Å²) >= 11 is 0. The molecule has 9 nitrogen and oxygen atoms in total. The first-order valence-electron chi connectivity index (χ1n) is 11.7. The SMILES string of the molecule is CN(C)CCNS(=O)(=O)c1ccc(Nc2nccc(-c3ccc(NC(=O)CC(C)(C)C)cc3)n2)cc1. The molecule has 0 bridgehead atoms. The number of hydrogen-bond donors (Lipinski definition) is 3. The van der Waals surface area contributed by atoms with Gasteiger partial charge in [-0.1, -0.05) is 32.9 Å². The van der Waals surface area contributed by atoms with E-state index in [9.17, 15) is 13.2 Å². The Morgan fingerprint density at radius 2 is 1.58 bits per heavy atom. The van der Waals surface area contributed by atoms with E-state index in [-0.39, 0.29) is 16.2 Å². The van der Waals surface area contributed by atoms with E-state index < -0.39 is 10.0 Å². The zero-order valence-corrected chi connectivity index (χ0v) is 22.2. The Labute approximate surface area is 213 Å². The van der Waals surface area contributed by atoms with E-state index in [0.717, 1.165) is 11.3 Å². The van der Waals surface area contributed by atoms with Gasteiger partial charge in [-0.15, -0.1) is 0 Å². The van der Waals surface area contributed by atoms with Crippen molar-refractivity contribution >= 4 is 33.3 Å². The van der Waals surface area contributed by atoms with Crippen molar-refractivity contribution < 1.29 is 13.2 Å². The summed E-state index contributed by atoms with van der Waals surface area (Å²) in [6.45, 7) is 7.02. The zero-order chi connectivity index (χ0) is 26.3. The number of amides is 1. The second-order valence-electron chi connectivity index (χ2n) is 9.98. The van der Waals surface area contributed by atoms with Crippen LogP contribution in [0.3, 0.4) is 0 Å². The smallest absolute Gasteiger partial charge is 0.240 e. The number of likely N-dealkylation sites (N-methyl/N-ethyl adjacent to an activating group) is 1. The summed E-state index contributed by atoms with van der Waals surface area (Å²) in [4.78, 5) is 23.1. The van der Waals surface area contributed by atoms with Gasteiger partial charge in [0.05, 0.1) is 10.6 Å². The summed E-state index contributed by atoms with van der Waals surface area (Å²) in [7, 11) is 0.198. The molecule has 3 N–H and O–H groups in total. The van der Waals surface area contributed by atoms with Crippen LogP contribution in [0.4, 0.5) is 17.3 Å². The van der Waals surface area contributed by atoms with Crippen molar-refractivity contribution in [2.24, 2.45) is 5.41 Å². The molecule has 0 atom stereocenters. The van der Waals surface area contributed by atoms with E-state index in [4.69, 9.17) is 0 Å². The normalized spacial score (nSPS) is 11.9. The topological polar surface area (TPSA) is 116 Å².